The number of benzene rings is 2. The Morgan fingerprint density at radius 1 is 0.710 bits per heavy atom. The zero-order chi connectivity index (χ0) is 22.1. The van der Waals surface area contributed by atoms with Gasteiger partial charge in [-0.2, -0.15) is 0 Å². The van der Waals surface area contributed by atoms with Crippen LogP contribution in [-0.2, 0) is 12.8 Å². The lowest BCUT2D eigenvalue weighted by Gasteiger charge is -2.19. The molecule has 2 aromatic carbocycles. The van der Waals surface area contributed by atoms with Crippen LogP contribution in [0.5, 0.6) is 0 Å². The summed E-state index contributed by atoms with van der Waals surface area (Å²) in [6.45, 7) is 4.56. The van der Waals surface area contributed by atoms with Gasteiger partial charge in [0.15, 0.2) is 0 Å². The number of rotatable bonds is 14. The summed E-state index contributed by atoms with van der Waals surface area (Å²) in [5.74, 6) is 0. The molecule has 0 spiro atoms. The lowest BCUT2D eigenvalue weighted by Crippen LogP contribution is -2.13. The molecule has 0 heterocycles. The first kappa shape index (κ1) is 23.9. The molecule has 0 fully saturated rings. The monoisotopic (exact) mass is 420 g/mol. The van der Waals surface area contributed by atoms with Gasteiger partial charge in [0.2, 0.25) is 0 Å². The molecule has 31 heavy (non-hydrogen) atoms. The molecule has 0 saturated heterocycles. The molecule has 1 aliphatic carbocycles. The van der Waals surface area contributed by atoms with E-state index in [4.69, 9.17) is 11.5 Å². The quantitative estimate of drug-likeness (QED) is 0.239. The first-order valence-electron chi connectivity index (χ1n) is 13.0. The van der Waals surface area contributed by atoms with E-state index in [1.54, 1.807) is 0 Å². The Kier molecular flexibility index (Phi) is 9.46. The summed E-state index contributed by atoms with van der Waals surface area (Å²) in [6, 6.07) is 10.9. The van der Waals surface area contributed by atoms with Crippen LogP contribution in [0.4, 0.5) is 5.69 Å². The van der Waals surface area contributed by atoms with E-state index >= 15 is 0 Å². The van der Waals surface area contributed by atoms with Crippen LogP contribution < -0.4 is 11.5 Å². The van der Waals surface area contributed by atoms with E-state index in [1.165, 1.54) is 110 Å². The Morgan fingerprint density at radius 2 is 1.29 bits per heavy atom. The molecule has 0 radical (unpaired) electrons. The van der Waals surface area contributed by atoms with Crippen LogP contribution in [0.15, 0.2) is 30.3 Å². The molecule has 0 aromatic heterocycles. The van der Waals surface area contributed by atoms with Crippen molar-refractivity contribution in [3.8, 4) is 11.1 Å². The molecular weight excluding hydrogens is 376 g/mol. The molecule has 0 saturated carbocycles. The van der Waals surface area contributed by atoms with E-state index in [-0.39, 0.29) is 6.04 Å². The van der Waals surface area contributed by atoms with Crippen molar-refractivity contribution in [1.29, 1.82) is 0 Å². The second-order valence-electron chi connectivity index (χ2n) is 9.49. The Labute approximate surface area is 190 Å². The smallest absolute Gasteiger partial charge is 0.0584 e. The van der Waals surface area contributed by atoms with Gasteiger partial charge in [0, 0.05) is 11.3 Å². The highest BCUT2D eigenvalue weighted by molar-refractivity contribution is 5.85. The largest absolute Gasteiger partial charge is 0.398 e. The van der Waals surface area contributed by atoms with Gasteiger partial charge in [0.1, 0.15) is 0 Å². The average Bonchev–Trinajstić information content (AvgIpc) is 3.07. The molecule has 1 unspecified atom stereocenters. The average molecular weight is 421 g/mol. The van der Waals surface area contributed by atoms with Crippen molar-refractivity contribution in [1.82, 2.24) is 0 Å². The van der Waals surface area contributed by atoms with Gasteiger partial charge in [0.25, 0.3) is 0 Å². The normalized spacial score (nSPS) is 14.6. The molecule has 1 aliphatic rings. The molecule has 0 amide bonds. The predicted octanol–water partition coefficient (Wildman–Crippen LogP) is 8.10. The number of unbranched alkanes of at least 4 members (excludes halogenated alkanes) is 10. The summed E-state index contributed by atoms with van der Waals surface area (Å²) < 4.78 is 0. The number of aryl methyl sites for hydroxylation is 1. The second kappa shape index (κ2) is 12.3. The molecule has 0 bridgehead atoms. The lowest BCUT2D eigenvalue weighted by molar-refractivity contribution is 0.599. The van der Waals surface area contributed by atoms with Gasteiger partial charge >= 0.3 is 0 Å². The zero-order valence-corrected chi connectivity index (χ0v) is 20.0. The fourth-order valence-electron chi connectivity index (χ4n) is 5.24. The predicted molar refractivity (Wildman–Crippen MR) is 136 cm³/mol. The summed E-state index contributed by atoms with van der Waals surface area (Å²) >= 11 is 0. The van der Waals surface area contributed by atoms with Gasteiger partial charge in [0.05, 0.1) is 6.04 Å². The van der Waals surface area contributed by atoms with Gasteiger partial charge < -0.3 is 11.5 Å². The van der Waals surface area contributed by atoms with Crippen LogP contribution in [-0.4, -0.2) is 0 Å². The number of nitrogen functional groups attached to an aromatic ring is 1. The summed E-state index contributed by atoms with van der Waals surface area (Å²) in [6.07, 6.45) is 18.1. The standard InChI is InChI=1S/C29H44N2/c1-3-5-7-9-11-13-17-22-21-26-24-19-15-16-20-25(24)29(31)27(26)28(30)23(22)18-14-12-10-8-6-4-2/h15-16,19-21,29H,3-14,17-18,30-31H2,1-2H3. The minimum absolute atomic E-state index is 0.0856. The summed E-state index contributed by atoms with van der Waals surface area (Å²) in [5.41, 5.74) is 22.4. The van der Waals surface area contributed by atoms with Crippen LogP contribution in [0.2, 0.25) is 0 Å². The van der Waals surface area contributed by atoms with Gasteiger partial charge in [-0.3, -0.25) is 0 Å². The molecule has 3 rings (SSSR count). The van der Waals surface area contributed by atoms with Gasteiger partial charge in [-0.15, -0.1) is 0 Å². The Hall–Kier alpha value is -1.80. The maximum Gasteiger partial charge on any atom is 0.0584 e. The molecule has 2 aromatic rings. The molecule has 2 nitrogen and oxygen atoms in total. The molecule has 1 atom stereocenters. The van der Waals surface area contributed by atoms with E-state index in [0.29, 0.717) is 0 Å². The van der Waals surface area contributed by atoms with E-state index in [0.717, 1.165) is 18.5 Å². The van der Waals surface area contributed by atoms with Crippen molar-refractivity contribution in [2.45, 2.75) is 110 Å². The van der Waals surface area contributed by atoms with Crippen LogP contribution in [0.1, 0.15) is 119 Å². The fourth-order valence-corrected chi connectivity index (χ4v) is 5.24. The van der Waals surface area contributed by atoms with Gasteiger partial charge in [-0.05, 0) is 53.5 Å². The third kappa shape index (κ3) is 5.92. The van der Waals surface area contributed by atoms with Crippen molar-refractivity contribution >= 4 is 5.69 Å². The highest BCUT2D eigenvalue weighted by Crippen LogP contribution is 2.47. The number of nitrogens with two attached hydrogens (primary N) is 2. The first-order chi connectivity index (χ1) is 15.2. The highest BCUT2D eigenvalue weighted by Gasteiger charge is 2.29. The van der Waals surface area contributed by atoms with Crippen molar-refractivity contribution in [2.75, 3.05) is 5.73 Å². The second-order valence-corrected chi connectivity index (χ2v) is 9.49. The molecule has 0 aliphatic heterocycles. The minimum atomic E-state index is -0.0856. The number of anilines is 1. The minimum Gasteiger partial charge on any atom is -0.398 e. The van der Waals surface area contributed by atoms with E-state index in [2.05, 4.69) is 44.2 Å². The topological polar surface area (TPSA) is 52.0 Å². The lowest BCUT2D eigenvalue weighted by atomic mass is 9.89. The van der Waals surface area contributed by atoms with E-state index in [1.807, 2.05) is 0 Å². The Balaban J connectivity index is 1.77. The first-order valence-corrected chi connectivity index (χ1v) is 13.0. The van der Waals surface area contributed by atoms with Crippen molar-refractivity contribution in [3.63, 3.8) is 0 Å². The number of hydrogen-bond acceptors (Lipinski definition) is 2. The van der Waals surface area contributed by atoms with Crippen LogP contribution in [0, 0.1) is 0 Å². The van der Waals surface area contributed by atoms with Gasteiger partial charge in [-0.1, -0.05) is 108 Å². The van der Waals surface area contributed by atoms with E-state index < -0.39 is 0 Å². The van der Waals surface area contributed by atoms with Crippen LogP contribution >= 0.6 is 0 Å². The summed E-state index contributed by atoms with van der Waals surface area (Å²) in [7, 11) is 0. The van der Waals surface area contributed by atoms with E-state index in [9.17, 15) is 0 Å². The van der Waals surface area contributed by atoms with Crippen LogP contribution in [0.25, 0.3) is 11.1 Å². The third-order valence-electron chi connectivity index (χ3n) is 7.09. The summed E-state index contributed by atoms with van der Waals surface area (Å²) in [5, 5.41) is 0. The highest BCUT2D eigenvalue weighted by atomic mass is 14.7. The van der Waals surface area contributed by atoms with Crippen molar-refractivity contribution < 1.29 is 0 Å². The Bertz CT molecular complexity index is 824. The fraction of sp³-hybridized carbons (Fsp3) is 0.586. The molecular formula is C29H44N2. The molecule has 4 N–H and O–H groups in total. The molecule has 170 valence electrons. The van der Waals surface area contributed by atoms with Crippen molar-refractivity contribution in [3.05, 3.63) is 52.6 Å². The maximum atomic E-state index is 6.86. The third-order valence-corrected chi connectivity index (χ3v) is 7.09. The number of hydrogen-bond donors (Lipinski definition) is 2. The zero-order valence-electron chi connectivity index (χ0n) is 20.0. The van der Waals surface area contributed by atoms with Crippen LogP contribution in [0.3, 0.4) is 0 Å². The Morgan fingerprint density at radius 3 is 1.97 bits per heavy atom. The van der Waals surface area contributed by atoms with Crippen molar-refractivity contribution in [2.24, 2.45) is 5.73 Å². The SMILES string of the molecule is CCCCCCCCc1cc2c(c(N)c1CCCCCCCC)C(N)c1ccccc1-2. The number of fused-ring (bicyclic) bond motifs is 3. The molecule has 2 heteroatoms. The summed E-state index contributed by atoms with van der Waals surface area (Å²) in [4.78, 5) is 0. The van der Waals surface area contributed by atoms with Gasteiger partial charge in [-0.25, -0.2) is 0 Å². The maximum absolute atomic E-state index is 6.86.